The van der Waals surface area contributed by atoms with Crippen molar-refractivity contribution in [2.45, 2.75) is 32.2 Å². The van der Waals surface area contributed by atoms with E-state index in [1.807, 2.05) is 12.4 Å². The van der Waals surface area contributed by atoms with Gasteiger partial charge in [-0.2, -0.15) is 5.10 Å². The smallest absolute Gasteiger partial charge is 0.0565 e. The van der Waals surface area contributed by atoms with Crippen molar-refractivity contribution >= 4 is 5.57 Å². The Labute approximate surface area is 137 Å². The normalized spacial score (nSPS) is 31.7. The van der Waals surface area contributed by atoms with Gasteiger partial charge in [-0.1, -0.05) is 18.2 Å². The molecule has 1 aliphatic carbocycles. The highest BCUT2D eigenvalue weighted by Gasteiger charge is 2.24. The fourth-order valence-electron chi connectivity index (χ4n) is 3.76. The summed E-state index contributed by atoms with van der Waals surface area (Å²) in [6.45, 7) is 4.56. The summed E-state index contributed by atoms with van der Waals surface area (Å²) in [5, 5.41) is 10.5. The number of aromatic amines is 1. The van der Waals surface area contributed by atoms with Gasteiger partial charge < -0.3 is 10.2 Å². The van der Waals surface area contributed by atoms with Crippen molar-refractivity contribution in [1.82, 2.24) is 20.4 Å². The number of nitrogens with zero attached hydrogens (tertiary/aromatic N) is 2. The molecule has 0 radical (unpaired) electrons. The Bertz CT molecular complexity index is 678. The van der Waals surface area contributed by atoms with E-state index in [1.54, 1.807) is 0 Å². The van der Waals surface area contributed by atoms with Crippen LogP contribution in [0.5, 0.6) is 0 Å². The van der Waals surface area contributed by atoms with Crippen LogP contribution in [0.4, 0.5) is 0 Å². The Morgan fingerprint density at radius 3 is 3.09 bits per heavy atom. The molecule has 3 heterocycles. The average molecular weight is 308 g/mol. The Kier molecular flexibility index (Phi) is 3.92. The van der Waals surface area contributed by atoms with Crippen LogP contribution in [0, 0.1) is 5.92 Å². The van der Waals surface area contributed by atoms with Gasteiger partial charge in [0.2, 0.25) is 0 Å². The minimum atomic E-state index is 0.663. The molecule has 1 aromatic heterocycles. The van der Waals surface area contributed by atoms with Crippen LogP contribution in [-0.2, 0) is 0 Å². The number of fused-ring (bicyclic) bond motifs is 2. The molecule has 0 spiro atoms. The van der Waals surface area contributed by atoms with Gasteiger partial charge in [-0.25, -0.2) is 0 Å². The summed E-state index contributed by atoms with van der Waals surface area (Å²) in [5.74, 6) is 0.753. The zero-order valence-corrected chi connectivity index (χ0v) is 13.6. The third-order valence-electron chi connectivity index (χ3n) is 4.98. The van der Waals surface area contributed by atoms with Crippen LogP contribution in [0.15, 0.2) is 54.2 Å². The number of allylic oxidation sites excluding steroid dienone is 6. The van der Waals surface area contributed by atoms with Crippen molar-refractivity contribution in [1.29, 1.82) is 0 Å². The monoisotopic (exact) mass is 308 g/mol. The van der Waals surface area contributed by atoms with E-state index < -0.39 is 0 Å². The minimum absolute atomic E-state index is 0.663. The number of rotatable bonds is 3. The molecule has 0 saturated carbocycles. The summed E-state index contributed by atoms with van der Waals surface area (Å²) in [7, 11) is 0. The fourth-order valence-corrected chi connectivity index (χ4v) is 3.76. The largest absolute Gasteiger partial charge is 0.351 e. The molecule has 4 rings (SSSR count). The maximum Gasteiger partial charge on any atom is 0.0565 e. The van der Waals surface area contributed by atoms with Crippen molar-refractivity contribution < 1.29 is 0 Å². The summed E-state index contributed by atoms with van der Waals surface area (Å²) in [4.78, 5) is 2.46. The summed E-state index contributed by atoms with van der Waals surface area (Å²) in [6, 6.07) is 0.663. The summed E-state index contributed by atoms with van der Waals surface area (Å²) >= 11 is 0. The summed E-state index contributed by atoms with van der Waals surface area (Å²) in [5.41, 5.74) is 5.24. The number of aromatic nitrogens is 2. The third kappa shape index (κ3) is 3.17. The molecule has 2 atom stereocenters. The second-order valence-electron chi connectivity index (χ2n) is 6.85. The number of hydrogen-bond acceptors (Lipinski definition) is 3. The first kappa shape index (κ1) is 14.5. The first-order valence-corrected chi connectivity index (χ1v) is 8.55. The van der Waals surface area contributed by atoms with Crippen molar-refractivity contribution in [3.63, 3.8) is 0 Å². The Balaban J connectivity index is 1.52. The lowest BCUT2D eigenvalue weighted by atomic mass is 9.95. The van der Waals surface area contributed by atoms with Gasteiger partial charge in [-0.15, -0.1) is 0 Å². The minimum Gasteiger partial charge on any atom is -0.351 e. The predicted molar refractivity (Wildman–Crippen MR) is 93.4 cm³/mol. The third-order valence-corrected chi connectivity index (χ3v) is 4.98. The van der Waals surface area contributed by atoms with E-state index in [1.165, 1.54) is 23.3 Å². The van der Waals surface area contributed by atoms with Crippen LogP contribution in [0.2, 0.25) is 0 Å². The first-order valence-electron chi connectivity index (χ1n) is 8.55. The van der Waals surface area contributed by atoms with E-state index in [4.69, 9.17) is 0 Å². The highest BCUT2D eigenvalue weighted by molar-refractivity contribution is 5.75. The van der Waals surface area contributed by atoms with Gasteiger partial charge >= 0.3 is 0 Å². The lowest BCUT2D eigenvalue weighted by Gasteiger charge is -2.31. The number of H-pyrrole nitrogens is 1. The second kappa shape index (κ2) is 6.20. The number of hydrogen-bond donors (Lipinski definition) is 2. The quantitative estimate of drug-likeness (QED) is 0.901. The van der Waals surface area contributed by atoms with Crippen LogP contribution in [-0.4, -0.2) is 34.2 Å². The molecule has 4 nitrogen and oxygen atoms in total. The topological polar surface area (TPSA) is 44.0 Å². The predicted octanol–water partition coefficient (Wildman–Crippen LogP) is 3.22. The number of nitrogens with one attached hydrogen (secondary N) is 2. The zero-order chi connectivity index (χ0) is 15.6. The van der Waals surface area contributed by atoms with E-state index in [-0.39, 0.29) is 0 Å². The van der Waals surface area contributed by atoms with E-state index in [9.17, 15) is 0 Å². The molecule has 0 aromatic carbocycles. The van der Waals surface area contributed by atoms with Gasteiger partial charge in [0.1, 0.15) is 0 Å². The van der Waals surface area contributed by atoms with Crippen LogP contribution in [0.25, 0.3) is 5.57 Å². The summed E-state index contributed by atoms with van der Waals surface area (Å²) < 4.78 is 0. The van der Waals surface area contributed by atoms with Crippen LogP contribution >= 0.6 is 0 Å². The van der Waals surface area contributed by atoms with Gasteiger partial charge in [0, 0.05) is 42.7 Å². The molecule has 1 aromatic rings. The van der Waals surface area contributed by atoms with Gasteiger partial charge in [0.25, 0.3) is 0 Å². The van der Waals surface area contributed by atoms with Crippen LogP contribution < -0.4 is 5.32 Å². The fraction of sp³-hybridized carbons (Fsp3) is 0.421. The molecule has 23 heavy (non-hydrogen) atoms. The molecule has 4 heteroatoms. The Hall–Kier alpha value is -2.07. The van der Waals surface area contributed by atoms with Crippen molar-refractivity contribution in [2.75, 3.05) is 13.1 Å². The van der Waals surface area contributed by atoms with Crippen molar-refractivity contribution in [2.24, 2.45) is 5.92 Å². The molecule has 2 bridgehead atoms. The second-order valence-corrected chi connectivity index (χ2v) is 6.85. The molecule has 1 fully saturated rings. The molecule has 2 unspecified atom stereocenters. The van der Waals surface area contributed by atoms with Gasteiger partial charge in [-0.05, 0) is 49.5 Å². The van der Waals surface area contributed by atoms with Gasteiger partial charge in [0.15, 0.2) is 0 Å². The maximum atomic E-state index is 4.06. The Morgan fingerprint density at radius 2 is 2.30 bits per heavy atom. The van der Waals surface area contributed by atoms with Gasteiger partial charge in [0.05, 0.1) is 6.20 Å². The molecule has 0 amide bonds. The SMILES string of the molecule is CC1CC(CN2C=C/C3=C/C(c4cn[nH]c4)=CC/C=C/2C3)CN1. The lowest BCUT2D eigenvalue weighted by Crippen LogP contribution is -2.28. The van der Waals surface area contributed by atoms with Crippen molar-refractivity contribution in [3.05, 3.63) is 59.7 Å². The zero-order valence-electron chi connectivity index (χ0n) is 13.6. The average Bonchev–Trinajstić information content (AvgIpc) is 3.18. The molecule has 2 aliphatic heterocycles. The first-order chi connectivity index (χ1) is 11.3. The van der Waals surface area contributed by atoms with Crippen LogP contribution in [0.1, 0.15) is 31.7 Å². The highest BCUT2D eigenvalue weighted by atomic mass is 15.1. The van der Waals surface area contributed by atoms with Gasteiger partial charge in [-0.3, -0.25) is 5.10 Å². The van der Waals surface area contributed by atoms with Crippen molar-refractivity contribution in [3.8, 4) is 0 Å². The van der Waals surface area contributed by atoms with E-state index in [2.05, 4.69) is 57.8 Å². The highest BCUT2D eigenvalue weighted by Crippen LogP contribution is 2.30. The van der Waals surface area contributed by atoms with E-state index in [0.717, 1.165) is 37.4 Å². The Morgan fingerprint density at radius 1 is 1.35 bits per heavy atom. The molecular formula is C19H24N4. The maximum absolute atomic E-state index is 4.06. The standard InChI is InChI=1S/C19H24N4/c1-14-7-16(10-20-14)13-23-6-5-15-8-17(18-11-21-22-12-18)3-2-4-19(23)9-15/h3-6,8,11-12,14,16,20H,2,7,9-10,13H2,1H3,(H,21,22)/b15-8-,17-3?,19-4+. The molecular weight excluding hydrogens is 284 g/mol. The molecule has 1 saturated heterocycles. The molecule has 3 aliphatic rings. The summed E-state index contributed by atoms with van der Waals surface area (Å²) in [6.07, 6.45) is 18.6. The van der Waals surface area contributed by atoms with E-state index >= 15 is 0 Å². The molecule has 120 valence electrons. The lowest BCUT2D eigenvalue weighted by molar-refractivity contribution is 0.363. The van der Waals surface area contributed by atoms with Crippen LogP contribution in [0.3, 0.4) is 0 Å². The molecule has 2 N–H and O–H groups in total. The van der Waals surface area contributed by atoms with E-state index in [0.29, 0.717) is 6.04 Å².